The van der Waals surface area contributed by atoms with Gasteiger partial charge in [-0.05, 0) is 59.8 Å². The van der Waals surface area contributed by atoms with E-state index in [9.17, 15) is 9.59 Å². The summed E-state index contributed by atoms with van der Waals surface area (Å²) in [7, 11) is 0. The van der Waals surface area contributed by atoms with Crippen molar-refractivity contribution in [2.24, 2.45) is 0 Å². The lowest BCUT2D eigenvalue weighted by atomic mass is 10.2. The topological polar surface area (TPSA) is 55.4 Å². The average molecular weight is 430 g/mol. The number of hydrogen-bond donors (Lipinski definition) is 1. The van der Waals surface area contributed by atoms with Gasteiger partial charge in [0.25, 0.3) is 5.91 Å². The highest BCUT2D eigenvalue weighted by molar-refractivity contribution is 14.1. The Balaban J connectivity index is 1.99. The van der Waals surface area contributed by atoms with Gasteiger partial charge in [-0.2, -0.15) is 0 Å². The van der Waals surface area contributed by atoms with Crippen LogP contribution >= 0.6 is 34.2 Å². The summed E-state index contributed by atoms with van der Waals surface area (Å²) in [6, 6.07) is 13.8. The number of hydrogen-bond acceptors (Lipinski definition) is 3. The number of anilines is 1. The molecule has 0 aromatic heterocycles. The van der Waals surface area contributed by atoms with E-state index < -0.39 is 18.0 Å². The molecule has 0 spiro atoms. The Morgan fingerprint density at radius 3 is 2.59 bits per heavy atom. The van der Waals surface area contributed by atoms with E-state index in [1.807, 2.05) is 6.07 Å². The van der Waals surface area contributed by atoms with E-state index in [-0.39, 0.29) is 0 Å². The molecular formula is C16H13ClINO3. The monoisotopic (exact) mass is 429 g/mol. The van der Waals surface area contributed by atoms with Crippen LogP contribution in [0.3, 0.4) is 0 Å². The van der Waals surface area contributed by atoms with Gasteiger partial charge in [0.2, 0.25) is 0 Å². The lowest BCUT2D eigenvalue weighted by Gasteiger charge is -2.14. The van der Waals surface area contributed by atoms with Crippen molar-refractivity contribution in [2.75, 3.05) is 5.32 Å². The Hall–Kier alpha value is -1.60. The molecule has 1 N–H and O–H groups in total. The van der Waals surface area contributed by atoms with Gasteiger partial charge >= 0.3 is 5.97 Å². The highest BCUT2D eigenvalue weighted by atomic mass is 127. The molecule has 0 heterocycles. The molecule has 22 heavy (non-hydrogen) atoms. The molecule has 6 heteroatoms. The number of benzene rings is 2. The first-order valence-electron chi connectivity index (χ1n) is 6.49. The molecule has 0 bridgehead atoms. The van der Waals surface area contributed by atoms with Gasteiger partial charge in [0, 0.05) is 3.57 Å². The summed E-state index contributed by atoms with van der Waals surface area (Å²) >= 11 is 8.07. The molecule has 1 unspecified atom stereocenters. The molecule has 0 aliphatic heterocycles. The van der Waals surface area contributed by atoms with Crippen molar-refractivity contribution in [3.63, 3.8) is 0 Å². The van der Waals surface area contributed by atoms with Crippen molar-refractivity contribution in [1.82, 2.24) is 0 Å². The fourth-order valence-electron chi connectivity index (χ4n) is 1.69. The summed E-state index contributed by atoms with van der Waals surface area (Å²) in [6.07, 6.45) is -0.929. The van der Waals surface area contributed by atoms with Crippen LogP contribution in [0, 0.1) is 3.57 Å². The second-order valence-electron chi connectivity index (χ2n) is 4.53. The number of nitrogens with one attached hydrogen (secondary N) is 1. The quantitative estimate of drug-likeness (QED) is 0.587. The summed E-state index contributed by atoms with van der Waals surface area (Å²) in [4.78, 5) is 24.0. The zero-order valence-electron chi connectivity index (χ0n) is 11.7. The first-order chi connectivity index (χ1) is 10.5. The molecule has 1 atom stereocenters. The van der Waals surface area contributed by atoms with Gasteiger partial charge in [-0.3, -0.25) is 4.79 Å². The van der Waals surface area contributed by atoms with E-state index in [4.69, 9.17) is 16.3 Å². The standard InChI is InChI=1S/C16H13ClINO3/c1-10(15(20)19-14-8-3-2-7-13(14)17)22-16(21)11-5-4-6-12(18)9-11/h2-10H,1H3,(H,19,20). The number of para-hydroxylation sites is 1. The van der Waals surface area contributed by atoms with Gasteiger partial charge in [0.05, 0.1) is 16.3 Å². The molecule has 2 aromatic carbocycles. The van der Waals surface area contributed by atoms with Gasteiger partial charge in [-0.25, -0.2) is 4.79 Å². The maximum atomic E-state index is 12.0. The minimum Gasteiger partial charge on any atom is -0.449 e. The lowest BCUT2D eigenvalue weighted by Crippen LogP contribution is -2.30. The summed E-state index contributed by atoms with van der Waals surface area (Å²) in [5, 5.41) is 3.05. The third kappa shape index (κ3) is 4.45. The van der Waals surface area contributed by atoms with Gasteiger partial charge in [0.1, 0.15) is 0 Å². The molecule has 0 aliphatic carbocycles. The highest BCUT2D eigenvalue weighted by Gasteiger charge is 2.19. The van der Waals surface area contributed by atoms with Gasteiger partial charge in [-0.15, -0.1) is 0 Å². The third-order valence-electron chi connectivity index (χ3n) is 2.85. The van der Waals surface area contributed by atoms with Crippen molar-refractivity contribution >= 4 is 51.8 Å². The minimum atomic E-state index is -0.929. The van der Waals surface area contributed by atoms with Crippen LogP contribution in [-0.4, -0.2) is 18.0 Å². The molecule has 0 saturated carbocycles. The zero-order chi connectivity index (χ0) is 16.1. The largest absolute Gasteiger partial charge is 0.449 e. The Bertz CT molecular complexity index is 705. The number of carbonyl (C=O) groups is 2. The fraction of sp³-hybridized carbons (Fsp3) is 0.125. The van der Waals surface area contributed by atoms with Crippen molar-refractivity contribution < 1.29 is 14.3 Å². The number of ether oxygens (including phenoxy) is 1. The Kier molecular flexibility index (Phi) is 5.79. The maximum Gasteiger partial charge on any atom is 0.338 e. The second kappa shape index (κ2) is 7.60. The van der Waals surface area contributed by atoms with Gasteiger partial charge in [-0.1, -0.05) is 29.8 Å². The van der Waals surface area contributed by atoms with E-state index >= 15 is 0 Å². The van der Waals surface area contributed by atoms with Crippen molar-refractivity contribution in [1.29, 1.82) is 0 Å². The minimum absolute atomic E-state index is 0.407. The first-order valence-corrected chi connectivity index (χ1v) is 7.95. The number of halogens is 2. The Morgan fingerprint density at radius 2 is 1.91 bits per heavy atom. The first kappa shape index (κ1) is 16.8. The molecule has 0 fully saturated rings. The summed E-state index contributed by atoms with van der Waals surface area (Å²) in [5.74, 6) is -0.979. The van der Waals surface area contributed by atoms with Crippen molar-refractivity contribution in [3.05, 3.63) is 62.7 Å². The predicted molar refractivity (Wildman–Crippen MR) is 94.1 cm³/mol. The second-order valence-corrected chi connectivity index (χ2v) is 6.18. The van der Waals surface area contributed by atoms with Crippen molar-refractivity contribution in [3.8, 4) is 0 Å². The fourth-order valence-corrected chi connectivity index (χ4v) is 2.42. The number of rotatable bonds is 4. The Morgan fingerprint density at radius 1 is 1.18 bits per heavy atom. The van der Waals surface area contributed by atoms with E-state index in [2.05, 4.69) is 27.9 Å². The number of carbonyl (C=O) groups excluding carboxylic acids is 2. The normalized spacial score (nSPS) is 11.6. The smallest absolute Gasteiger partial charge is 0.338 e. The molecule has 0 radical (unpaired) electrons. The number of esters is 1. The Labute approximate surface area is 146 Å². The van der Waals surface area contributed by atoms with Crippen LogP contribution in [-0.2, 0) is 9.53 Å². The average Bonchev–Trinajstić information content (AvgIpc) is 2.49. The number of amides is 1. The van der Waals surface area contributed by atoms with Crippen LogP contribution < -0.4 is 5.32 Å². The van der Waals surface area contributed by atoms with Crippen LogP contribution in [0.4, 0.5) is 5.69 Å². The molecule has 0 aliphatic rings. The molecule has 0 saturated heterocycles. The molecule has 4 nitrogen and oxygen atoms in total. The summed E-state index contributed by atoms with van der Waals surface area (Å²) in [6.45, 7) is 1.51. The van der Waals surface area contributed by atoms with E-state index in [1.54, 1.807) is 42.5 Å². The zero-order valence-corrected chi connectivity index (χ0v) is 14.6. The van der Waals surface area contributed by atoms with Gasteiger partial charge in [0.15, 0.2) is 6.10 Å². The molecule has 114 valence electrons. The van der Waals surface area contributed by atoms with Gasteiger partial charge < -0.3 is 10.1 Å². The molecule has 2 rings (SSSR count). The van der Waals surface area contributed by atoms with Crippen molar-refractivity contribution in [2.45, 2.75) is 13.0 Å². The van der Waals surface area contributed by atoms with Crippen LogP contribution in [0.2, 0.25) is 5.02 Å². The van der Waals surface area contributed by atoms with Crippen LogP contribution in [0.15, 0.2) is 48.5 Å². The third-order valence-corrected chi connectivity index (χ3v) is 3.85. The molecule has 1 amide bonds. The summed E-state index contributed by atoms with van der Waals surface area (Å²) < 4.78 is 6.08. The van der Waals surface area contributed by atoms with Crippen LogP contribution in [0.1, 0.15) is 17.3 Å². The van der Waals surface area contributed by atoms with E-state index in [1.165, 1.54) is 6.92 Å². The van der Waals surface area contributed by atoms with E-state index in [0.717, 1.165) is 3.57 Å². The SMILES string of the molecule is CC(OC(=O)c1cccc(I)c1)C(=O)Nc1ccccc1Cl. The molecular weight excluding hydrogens is 417 g/mol. The van der Waals surface area contributed by atoms with Crippen LogP contribution in [0.5, 0.6) is 0 Å². The lowest BCUT2D eigenvalue weighted by molar-refractivity contribution is -0.123. The molecule has 2 aromatic rings. The predicted octanol–water partition coefficient (Wildman–Crippen LogP) is 4.13. The highest BCUT2D eigenvalue weighted by Crippen LogP contribution is 2.20. The summed E-state index contributed by atoms with van der Waals surface area (Å²) in [5.41, 5.74) is 0.885. The van der Waals surface area contributed by atoms with Crippen LogP contribution in [0.25, 0.3) is 0 Å². The maximum absolute atomic E-state index is 12.0. The van der Waals surface area contributed by atoms with E-state index in [0.29, 0.717) is 16.3 Å².